The molecule has 2 saturated carbocycles. The molecular formula is C20H22N2O5S2. The lowest BCUT2D eigenvalue weighted by atomic mass is 10.1. The smallest absolute Gasteiger partial charge is 0.349 e. The topological polar surface area (TPSA) is 92.8 Å². The number of hydrogen-bond acceptors (Lipinski definition) is 6. The van der Waals surface area contributed by atoms with E-state index in [1.807, 2.05) is 0 Å². The summed E-state index contributed by atoms with van der Waals surface area (Å²) in [5.41, 5.74) is 1.35. The summed E-state index contributed by atoms with van der Waals surface area (Å²) >= 11 is 1.06. The minimum atomic E-state index is -3.85. The number of nitrogens with zero attached hydrogens (tertiary/aromatic N) is 1. The Morgan fingerprint density at radius 3 is 2.41 bits per heavy atom. The molecule has 0 spiro atoms. The number of nitrogens with one attached hydrogen (secondary N) is 1. The Labute approximate surface area is 173 Å². The van der Waals surface area contributed by atoms with Crippen LogP contribution >= 0.6 is 11.3 Å². The molecule has 1 aromatic carbocycles. The van der Waals surface area contributed by atoms with Crippen LogP contribution in [0.1, 0.15) is 51.3 Å². The zero-order valence-electron chi connectivity index (χ0n) is 16.0. The van der Waals surface area contributed by atoms with E-state index in [-0.39, 0.29) is 34.3 Å². The van der Waals surface area contributed by atoms with Crippen molar-refractivity contribution in [1.82, 2.24) is 9.62 Å². The molecule has 2 fully saturated rings. The van der Waals surface area contributed by atoms with Crippen molar-refractivity contribution in [2.45, 2.75) is 49.2 Å². The summed E-state index contributed by atoms with van der Waals surface area (Å²) in [6.45, 7) is 0.188. The number of rotatable bonds is 8. The lowest BCUT2D eigenvalue weighted by Crippen LogP contribution is -2.33. The van der Waals surface area contributed by atoms with E-state index < -0.39 is 16.0 Å². The molecule has 1 N–H and O–H groups in total. The number of ether oxygens (including phenoxy) is 1. The number of sulfonamides is 1. The van der Waals surface area contributed by atoms with Crippen LogP contribution in [0.25, 0.3) is 0 Å². The van der Waals surface area contributed by atoms with E-state index in [9.17, 15) is 18.0 Å². The Bertz CT molecular complexity index is 1020. The second-order valence-corrected chi connectivity index (χ2v) is 10.1. The second-order valence-electron chi connectivity index (χ2n) is 7.33. The Balaban J connectivity index is 1.54. The van der Waals surface area contributed by atoms with Gasteiger partial charge in [-0.1, -0.05) is 12.1 Å². The third kappa shape index (κ3) is 4.36. The van der Waals surface area contributed by atoms with Crippen molar-refractivity contribution in [2.24, 2.45) is 0 Å². The fraction of sp³-hybridized carbons (Fsp3) is 0.400. The van der Waals surface area contributed by atoms with Gasteiger partial charge >= 0.3 is 5.97 Å². The van der Waals surface area contributed by atoms with Crippen LogP contribution in [0.3, 0.4) is 0 Å². The molecule has 0 aliphatic heterocycles. The largest absolute Gasteiger partial charge is 0.465 e. The van der Waals surface area contributed by atoms with Crippen LogP contribution in [0.2, 0.25) is 0 Å². The highest BCUT2D eigenvalue weighted by molar-refractivity contribution is 7.89. The molecule has 1 heterocycles. The first-order valence-electron chi connectivity index (χ1n) is 9.47. The Morgan fingerprint density at radius 2 is 1.83 bits per heavy atom. The first-order valence-corrected chi connectivity index (χ1v) is 11.8. The van der Waals surface area contributed by atoms with Gasteiger partial charge < -0.3 is 10.1 Å². The number of amides is 1. The van der Waals surface area contributed by atoms with Gasteiger partial charge in [-0.3, -0.25) is 4.79 Å². The molecule has 0 saturated heterocycles. The molecule has 4 rings (SSSR count). The first-order chi connectivity index (χ1) is 13.9. The van der Waals surface area contributed by atoms with E-state index in [0.29, 0.717) is 5.56 Å². The maximum Gasteiger partial charge on any atom is 0.349 e. The SMILES string of the molecule is COC(=O)c1sccc1S(=O)(=O)N(Cc1ccc(C(=O)NC2CC2)cc1)C1CC1. The van der Waals surface area contributed by atoms with Crippen molar-refractivity contribution in [3.8, 4) is 0 Å². The van der Waals surface area contributed by atoms with Gasteiger partial charge in [0.25, 0.3) is 5.91 Å². The maximum absolute atomic E-state index is 13.3. The van der Waals surface area contributed by atoms with Gasteiger partial charge in [0, 0.05) is 24.2 Å². The highest BCUT2D eigenvalue weighted by atomic mass is 32.2. The van der Waals surface area contributed by atoms with Gasteiger partial charge in [0.05, 0.1) is 7.11 Å². The van der Waals surface area contributed by atoms with E-state index in [4.69, 9.17) is 4.74 Å². The summed E-state index contributed by atoms with van der Waals surface area (Å²) in [5.74, 6) is -0.757. The summed E-state index contributed by atoms with van der Waals surface area (Å²) in [4.78, 5) is 24.2. The van der Waals surface area contributed by atoms with Crippen LogP contribution < -0.4 is 5.32 Å². The number of carbonyl (C=O) groups is 2. The molecule has 9 heteroatoms. The zero-order valence-corrected chi connectivity index (χ0v) is 17.6. The summed E-state index contributed by atoms with van der Waals surface area (Å²) < 4.78 is 32.7. The predicted molar refractivity (Wildman–Crippen MR) is 108 cm³/mol. The molecule has 0 bridgehead atoms. The monoisotopic (exact) mass is 434 g/mol. The number of carbonyl (C=O) groups excluding carboxylic acids is 2. The van der Waals surface area contributed by atoms with Gasteiger partial charge in [0.15, 0.2) is 0 Å². The molecular weight excluding hydrogens is 412 g/mol. The first kappa shape index (κ1) is 20.1. The molecule has 1 amide bonds. The third-order valence-electron chi connectivity index (χ3n) is 5.01. The van der Waals surface area contributed by atoms with Crippen molar-refractivity contribution in [2.75, 3.05) is 7.11 Å². The molecule has 0 radical (unpaired) electrons. The van der Waals surface area contributed by atoms with E-state index >= 15 is 0 Å². The van der Waals surface area contributed by atoms with Crippen LogP contribution in [0.5, 0.6) is 0 Å². The van der Waals surface area contributed by atoms with E-state index in [1.165, 1.54) is 17.5 Å². The fourth-order valence-corrected chi connectivity index (χ4v) is 6.06. The summed E-state index contributed by atoms with van der Waals surface area (Å²) in [7, 11) is -2.61. The number of esters is 1. The minimum Gasteiger partial charge on any atom is -0.465 e. The Morgan fingerprint density at radius 1 is 1.14 bits per heavy atom. The summed E-state index contributed by atoms with van der Waals surface area (Å²) in [6, 6.07) is 8.65. The predicted octanol–water partition coefficient (Wildman–Crippen LogP) is 2.78. The van der Waals surface area contributed by atoms with E-state index in [0.717, 1.165) is 42.6 Å². The number of hydrogen-bond donors (Lipinski definition) is 1. The van der Waals surface area contributed by atoms with Gasteiger partial charge in [-0.05, 0) is 54.8 Å². The average molecular weight is 435 g/mol. The number of methoxy groups -OCH3 is 1. The van der Waals surface area contributed by atoms with Gasteiger partial charge in [0.2, 0.25) is 10.0 Å². The molecule has 2 aliphatic carbocycles. The lowest BCUT2D eigenvalue weighted by Gasteiger charge is -2.22. The summed E-state index contributed by atoms with van der Waals surface area (Å²) in [6.07, 6.45) is 3.62. The van der Waals surface area contributed by atoms with E-state index in [1.54, 1.807) is 29.6 Å². The Hall–Kier alpha value is -2.23. The standard InChI is InChI=1S/C20H22N2O5S2/c1-27-20(24)18-17(10-11-28-18)29(25,26)22(16-8-9-16)12-13-2-4-14(5-3-13)19(23)21-15-6-7-15/h2-5,10-11,15-16H,6-9,12H2,1H3,(H,21,23). The Kier molecular flexibility index (Phi) is 5.46. The highest BCUT2D eigenvalue weighted by Gasteiger charge is 2.40. The molecule has 2 aromatic rings. The number of benzene rings is 1. The van der Waals surface area contributed by atoms with Crippen LogP contribution in [0.15, 0.2) is 40.6 Å². The molecule has 0 atom stereocenters. The molecule has 1 aromatic heterocycles. The quantitative estimate of drug-likeness (QED) is 0.645. The van der Waals surface area contributed by atoms with Gasteiger partial charge in [-0.25, -0.2) is 13.2 Å². The highest BCUT2D eigenvalue weighted by Crippen LogP contribution is 2.36. The minimum absolute atomic E-state index is 0.0123. The van der Waals surface area contributed by atoms with Crippen molar-refractivity contribution in [3.05, 3.63) is 51.7 Å². The molecule has 7 nitrogen and oxygen atoms in total. The van der Waals surface area contributed by atoms with E-state index in [2.05, 4.69) is 5.32 Å². The van der Waals surface area contributed by atoms with Crippen LogP contribution in [0.4, 0.5) is 0 Å². The van der Waals surface area contributed by atoms with Crippen molar-refractivity contribution in [3.63, 3.8) is 0 Å². The van der Waals surface area contributed by atoms with Crippen molar-refractivity contribution in [1.29, 1.82) is 0 Å². The third-order valence-corrected chi connectivity index (χ3v) is 7.97. The number of thiophene rings is 1. The second kappa shape index (κ2) is 7.89. The van der Waals surface area contributed by atoms with Crippen LogP contribution in [-0.4, -0.2) is 43.8 Å². The molecule has 0 unspecified atom stereocenters. The lowest BCUT2D eigenvalue weighted by molar-refractivity contribution is 0.0602. The van der Waals surface area contributed by atoms with Crippen LogP contribution in [-0.2, 0) is 21.3 Å². The average Bonchev–Trinajstić information content (AvgIpc) is 3.65. The van der Waals surface area contributed by atoms with Gasteiger partial charge in [-0.2, -0.15) is 4.31 Å². The fourth-order valence-electron chi connectivity index (χ4n) is 3.08. The molecule has 29 heavy (non-hydrogen) atoms. The zero-order chi connectivity index (χ0) is 20.6. The van der Waals surface area contributed by atoms with Crippen molar-refractivity contribution >= 4 is 33.2 Å². The normalized spacial score (nSPS) is 16.6. The van der Waals surface area contributed by atoms with Gasteiger partial charge in [0.1, 0.15) is 9.77 Å². The van der Waals surface area contributed by atoms with Gasteiger partial charge in [-0.15, -0.1) is 11.3 Å². The molecule has 2 aliphatic rings. The van der Waals surface area contributed by atoms with Crippen LogP contribution in [0, 0.1) is 0 Å². The maximum atomic E-state index is 13.3. The summed E-state index contributed by atoms with van der Waals surface area (Å²) in [5, 5.41) is 4.52. The molecule has 154 valence electrons. The van der Waals surface area contributed by atoms with Crippen molar-refractivity contribution < 1.29 is 22.7 Å².